The zero-order valence-electron chi connectivity index (χ0n) is 13.7. The van der Waals surface area contributed by atoms with Crippen LogP contribution in [0.5, 0.6) is 0 Å². The molecule has 3 rings (SSSR count). The lowest BCUT2D eigenvalue weighted by Crippen LogP contribution is -2.32. The van der Waals surface area contributed by atoms with E-state index < -0.39 is 0 Å². The molecule has 1 saturated carbocycles. The summed E-state index contributed by atoms with van der Waals surface area (Å²) in [6.45, 7) is 2.77. The highest BCUT2D eigenvalue weighted by Crippen LogP contribution is 2.40. The molecule has 122 valence electrons. The van der Waals surface area contributed by atoms with E-state index in [4.69, 9.17) is 0 Å². The summed E-state index contributed by atoms with van der Waals surface area (Å²) in [7, 11) is 3.84. The molecule has 2 aromatic heterocycles. The van der Waals surface area contributed by atoms with Crippen molar-refractivity contribution in [1.29, 1.82) is 0 Å². The number of hydrogen-bond acceptors (Lipinski definition) is 5. The Morgan fingerprint density at radius 3 is 2.74 bits per heavy atom. The molecule has 7 nitrogen and oxygen atoms in total. The second-order valence-electron chi connectivity index (χ2n) is 6.02. The Labute approximate surface area is 135 Å². The van der Waals surface area contributed by atoms with Crippen molar-refractivity contribution < 1.29 is 4.79 Å². The number of carbonyl (C=O) groups is 1. The van der Waals surface area contributed by atoms with Crippen LogP contribution in [-0.2, 0) is 6.54 Å². The van der Waals surface area contributed by atoms with Crippen LogP contribution < -0.4 is 10.2 Å². The van der Waals surface area contributed by atoms with Gasteiger partial charge in [-0.05, 0) is 37.8 Å². The number of nitrogens with one attached hydrogen (secondary N) is 1. The van der Waals surface area contributed by atoms with Crippen molar-refractivity contribution in [2.75, 3.05) is 19.0 Å². The molecule has 0 spiro atoms. The number of pyridine rings is 1. The number of rotatable bonds is 6. The van der Waals surface area contributed by atoms with Gasteiger partial charge >= 0.3 is 0 Å². The standard InChI is InChI=1S/C16H22N6O/c1-4-22-15(18-10-19-22)14(11-5-6-11)20-16(23)12-7-8-13(17-9-12)21(2)3/h7-11,14H,4-6H2,1-3H3,(H,20,23). The van der Waals surface area contributed by atoms with Gasteiger partial charge in [0.1, 0.15) is 18.0 Å². The van der Waals surface area contributed by atoms with Crippen LogP contribution in [0.4, 0.5) is 5.82 Å². The van der Waals surface area contributed by atoms with E-state index in [0.29, 0.717) is 11.5 Å². The minimum absolute atomic E-state index is 0.0847. The van der Waals surface area contributed by atoms with Crippen molar-refractivity contribution >= 4 is 11.7 Å². The lowest BCUT2D eigenvalue weighted by atomic mass is 10.1. The Hall–Kier alpha value is -2.44. The summed E-state index contributed by atoms with van der Waals surface area (Å²) < 4.78 is 1.84. The van der Waals surface area contributed by atoms with Crippen molar-refractivity contribution in [1.82, 2.24) is 25.1 Å². The monoisotopic (exact) mass is 314 g/mol. The number of carbonyl (C=O) groups excluding carboxylic acids is 1. The molecule has 2 aromatic rings. The molecule has 2 heterocycles. The summed E-state index contributed by atoms with van der Waals surface area (Å²) in [5.74, 6) is 1.99. The molecule has 0 radical (unpaired) electrons. The van der Waals surface area contributed by atoms with E-state index in [1.807, 2.05) is 36.7 Å². The smallest absolute Gasteiger partial charge is 0.253 e. The van der Waals surface area contributed by atoms with Crippen LogP contribution in [0, 0.1) is 5.92 Å². The normalized spacial score (nSPS) is 15.3. The van der Waals surface area contributed by atoms with E-state index >= 15 is 0 Å². The first-order valence-electron chi connectivity index (χ1n) is 7.92. The summed E-state index contributed by atoms with van der Waals surface area (Å²) in [5.41, 5.74) is 0.559. The second kappa shape index (κ2) is 6.36. The largest absolute Gasteiger partial charge is 0.363 e. The van der Waals surface area contributed by atoms with Gasteiger partial charge in [-0.15, -0.1) is 0 Å². The van der Waals surface area contributed by atoms with E-state index in [9.17, 15) is 4.79 Å². The predicted octanol–water partition coefficient (Wildman–Crippen LogP) is 1.64. The van der Waals surface area contributed by atoms with E-state index in [0.717, 1.165) is 31.0 Å². The molecule has 1 atom stereocenters. The molecule has 1 fully saturated rings. The van der Waals surface area contributed by atoms with Crippen LogP contribution >= 0.6 is 0 Å². The van der Waals surface area contributed by atoms with Crippen molar-refractivity contribution in [3.8, 4) is 0 Å². The predicted molar refractivity (Wildman–Crippen MR) is 87.2 cm³/mol. The molecule has 1 unspecified atom stereocenters. The van der Waals surface area contributed by atoms with Crippen LogP contribution in [0.1, 0.15) is 42.0 Å². The Balaban J connectivity index is 1.76. The average Bonchev–Trinajstić information content (AvgIpc) is 3.29. The molecule has 0 saturated heterocycles. The maximum Gasteiger partial charge on any atom is 0.253 e. The third-order valence-corrected chi connectivity index (χ3v) is 4.07. The maximum absolute atomic E-state index is 12.5. The highest BCUT2D eigenvalue weighted by atomic mass is 16.1. The fourth-order valence-corrected chi connectivity index (χ4v) is 2.59. The van der Waals surface area contributed by atoms with Gasteiger partial charge in [-0.3, -0.25) is 4.79 Å². The van der Waals surface area contributed by atoms with Crippen LogP contribution in [0.3, 0.4) is 0 Å². The number of amides is 1. The third kappa shape index (κ3) is 3.33. The van der Waals surface area contributed by atoms with Gasteiger partial charge in [0.15, 0.2) is 0 Å². The SMILES string of the molecule is CCn1ncnc1C(NC(=O)c1ccc(N(C)C)nc1)C1CC1. The van der Waals surface area contributed by atoms with E-state index in [-0.39, 0.29) is 11.9 Å². The molecule has 23 heavy (non-hydrogen) atoms. The molecule has 1 aliphatic rings. The molecular formula is C16H22N6O. The zero-order valence-corrected chi connectivity index (χ0v) is 13.7. The summed E-state index contributed by atoms with van der Waals surface area (Å²) in [6, 6.07) is 3.56. The zero-order chi connectivity index (χ0) is 16.4. The molecule has 0 aromatic carbocycles. The third-order valence-electron chi connectivity index (χ3n) is 4.07. The maximum atomic E-state index is 12.5. The summed E-state index contributed by atoms with van der Waals surface area (Å²) in [5, 5.41) is 7.32. The average molecular weight is 314 g/mol. The Morgan fingerprint density at radius 1 is 1.39 bits per heavy atom. The van der Waals surface area contributed by atoms with Gasteiger partial charge in [0.05, 0.1) is 11.6 Å². The molecule has 1 N–H and O–H groups in total. The summed E-state index contributed by atoms with van der Waals surface area (Å²) in [6.07, 6.45) is 5.38. The van der Waals surface area contributed by atoms with Crippen molar-refractivity contribution in [3.63, 3.8) is 0 Å². The number of aryl methyl sites for hydroxylation is 1. The highest BCUT2D eigenvalue weighted by molar-refractivity contribution is 5.94. The number of nitrogens with zero attached hydrogens (tertiary/aromatic N) is 5. The molecule has 1 aliphatic carbocycles. The van der Waals surface area contributed by atoms with Gasteiger partial charge in [0.25, 0.3) is 5.91 Å². The molecule has 7 heteroatoms. The Kier molecular flexibility index (Phi) is 4.27. The Morgan fingerprint density at radius 2 is 2.17 bits per heavy atom. The van der Waals surface area contributed by atoms with E-state index in [2.05, 4.69) is 20.4 Å². The fraction of sp³-hybridized carbons (Fsp3) is 0.500. The molecule has 0 bridgehead atoms. The number of hydrogen-bond donors (Lipinski definition) is 1. The van der Waals surface area contributed by atoms with Gasteiger partial charge in [-0.2, -0.15) is 5.10 Å². The topological polar surface area (TPSA) is 75.9 Å². The summed E-state index contributed by atoms with van der Waals surface area (Å²) >= 11 is 0. The van der Waals surface area contributed by atoms with Crippen LogP contribution in [-0.4, -0.2) is 39.8 Å². The first-order valence-corrected chi connectivity index (χ1v) is 7.92. The highest BCUT2D eigenvalue weighted by Gasteiger charge is 2.36. The van der Waals surface area contributed by atoms with E-state index in [1.165, 1.54) is 0 Å². The van der Waals surface area contributed by atoms with Crippen molar-refractivity contribution in [2.45, 2.75) is 32.4 Å². The van der Waals surface area contributed by atoms with Crippen LogP contribution in [0.25, 0.3) is 0 Å². The molecular weight excluding hydrogens is 292 g/mol. The first-order chi connectivity index (χ1) is 11.1. The first kappa shape index (κ1) is 15.5. The van der Waals surface area contributed by atoms with Crippen molar-refractivity contribution in [3.05, 3.63) is 36.0 Å². The minimum atomic E-state index is -0.120. The summed E-state index contributed by atoms with van der Waals surface area (Å²) in [4.78, 5) is 23.1. The second-order valence-corrected chi connectivity index (χ2v) is 6.02. The Bertz CT molecular complexity index is 674. The molecule has 1 amide bonds. The lowest BCUT2D eigenvalue weighted by Gasteiger charge is -2.18. The van der Waals surface area contributed by atoms with Gasteiger partial charge in [-0.25, -0.2) is 14.6 Å². The van der Waals surface area contributed by atoms with Crippen molar-refractivity contribution in [2.24, 2.45) is 5.92 Å². The van der Waals surface area contributed by atoms with E-state index in [1.54, 1.807) is 18.6 Å². The van der Waals surface area contributed by atoms with Gasteiger partial charge in [0.2, 0.25) is 0 Å². The minimum Gasteiger partial charge on any atom is -0.363 e. The lowest BCUT2D eigenvalue weighted by molar-refractivity contribution is 0.0928. The van der Waals surface area contributed by atoms with Gasteiger partial charge in [-0.1, -0.05) is 0 Å². The van der Waals surface area contributed by atoms with Crippen LogP contribution in [0.15, 0.2) is 24.7 Å². The quantitative estimate of drug-likeness (QED) is 0.877. The van der Waals surface area contributed by atoms with Gasteiger partial charge < -0.3 is 10.2 Å². The van der Waals surface area contributed by atoms with Gasteiger partial charge in [0, 0.05) is 26.8 Å². The number of aromatic nitrogens is 4. The van der Waals surface area contributed by atoms with Crippen LogP contribution in [0.2, 0.25) is 0 Å². The molecule has 0 aliphatic heterocycles. The number of anilines is 1. The fourth-order valence-electron chi connectivity index (χ4n) is 2.59.